The summed E-state index contributed by atoms with van der Waals surface area (Å²) in [6.07, 6.45) is 0. The summed E-state index contributed by atoms with van der Waals surface area (Å²) in [4.78, 5) is 14.9. The molecule has 168 valence electrons. The lowest BCUT2D eigenvalue weighted by Crippen LogP contribution is -2.50. The lowest BCUT2D eigenvalue weighted by Gasteiger charge is -2.36. The average Bonchev–Trinajstić information content (AvgIpc) is 2.75. The molecule has 0 atom stereocenters. The summed E-state index contributed by atoms with van der Waals surface area (Å²) < 4.78 is 73.6. The first-order valence-corrected chi connectivity index (χ1v) is 9.78. The molecule has 4 nitrogen and oxygen atoms in total. The fourth-order valence-electron chi connectivity index (χ4n) is 3.34. The van der Waals surface area contributed by atoms with E-state index in [1.165, 1.54) is 4.90 Å². The molecule has 0 spiro atoms. The van der Waals surface area contributed by atoms with Crippen molar-refractivity contribution in [3.63, 3.8) is 0 Å². The van der Waals surface area contributed by atoms with Crippen LogP contribution in [0.25, 0.3) is 0 Å². The Labute approximate surface area is 177 Å². The highest BCUT2D eigenvalue weighted by atomic mass is 19.2. The van der Waals surface area contributed by atoms with E-state index in [0.29, 0.717) is 5.75 Å². The Morgan fingerprint density at radius 1 is 0.839 bits per heavy atom. The molecule has 2 aromatic carbocycles. The number of piperazine rings is 1. The number of amides is 1. The number of hydrogen-bond donors (Lipinski definition) is 0. The van der Waals surface area contributed by atoms with Crippen LogP contribution in [0.1, 0.15) is 26.3 Å². The first kappa shape index (κ1) is 22.8. The summed E-state index contributed by atoms with van der Waals surface area (Å²) in [5, 5.41) is 0. The lowest BCUT2D eigenvalue weighted by atomic mass is 9.87. The molecule has 0 radical (unpaired) electrons. The number of halogens is 5. The van der Waals surface area contributed by atoms with Crippen LogP contribution >= 0.6 is 0 Å². The van der Waals surface area contributed by atoms with Crippen molar-refractivity contribution in [1.29, 1.82) is 0 Å². The van der Waals surface area contributed by atoms with Gasteiger partial charge in [0.05, 0.1) is 0 Å². The first-order chi connectivity index (χ1) is 14.5. The smallest absolute Gasteiger partial charge is 0.260 e. The molecule has 31 heavy (non-hydrogen) atoms. The molecule has 2 aromatic rings. The van der Waals surface area contributed by atoms with Gasteiger partial charge >= 0.3 is 0 Å². The highest BCUT2D eigenvalue weighted by molar-refractivity contribution is 5.78. The third-order valence-electron chi connectivity index (χ3n) is 5.22. The SMILES string of the molecule is CC(C)(C)c1ccc(OCC(=O)N2CCN(c3c(F)c(F)c(F)c(F)c3F)CC2)cc1. The van der Waals surface area contributed by atoms with Gasteiger partial charge in [0.15, 0.2) is 29.9 Å². The molecule has 0 aromatic heterocycles. The number of carbonyl (C=O) groups is 1. The second kappa shape index (κ2) is 8.72. The maximum atomic E-state index is 14.0. The Morgan fingerprint density at radius 2 is 1.32 bits per heavy atom. The van der Waals surface area contributed by atoms with Gasteiger partial charge in [0.1, 0.15) is 11.4 Å². The Balaban J connectivity index is 1.58. The molecule has 0 N–H and O–H groups in total. The van der Waals surface area contributed by atoms with Gasteiger partial charge in [-0.1, -0.05) is 32.9 Å². The number of anilines is 1. The maximum absolute atomic E-state index is 14.0. The zero-order chi connectivity index (χ0) is 22.9. The largest absolute Gasteiger partial charge is 0.484 e. The molecule has 1 aliphatic heterocycles. The van der Waals surface area contributed by atoms with E-state index in [1.54, 1.807) is 12.1 Å². The third-order valence-corrected chi connectivity index (χ3v) is 5.22. The van der Waals surface area contributed by atoms with E-state index in [-0.39, 0.29) is 44.1 Å². The Morgan fingerprint density at radius 3 is 1.81 bits per heavy atom. The number of nitrogens with zero attached hydrogens (tertiary/aromatic N) is 2. The van der Waals surface area contributed by atoms with Crippen LogP contribution in [-0.4, -0.2) is 43.6 Å². The molecule has 9 heteroatoms. The molecule has 0 bridgehead atoms. The van der Waals surface area contributed by atoms with E-state index in [4.69, 9.17) is 4.74 Å². The van der Waals surface area contributed by atoms with Crippen molar-refractivity contribution in [2.75, 3.05) is 37.7 Å². The molecule has 0 aliphatic carbocycles. The van der Waals surface area contributed by atoms with E-state index >= 15 is 0 Å². The molecule has 1 heterocycles. The molecule has 1 aliphatic rings. The predicted octanol–water partition coefficient (Wildman–Crippen LogP) is 4.41. The maximum Gasteiger partial charge on any atom is 0.260 e. The van der Waals surface area contributed by atoms with Gasteiger partial charge in [0.2, 0.25) is 5.82 Å². The minimum atomic E-state index is -2.19. The standard InChI is InChI=1S/C22H23F5N2O2/c1-22(2,3)13-4-6-14(7-5-13)31-12-15(30)28-8-10-29(11-9-28)21-19(26)17(24)16(23)18(25)20(21)27/h4-7H,8-12H2,1-3H3. The van der Waals surface area contributed by atoms with E-state index < -0.39 is 34.8 Å². The van der Waals surface area contributed by atoms with Gasteiger partial charge in [0.25, 0.3) is 5.91 Å². The van der Waals surface area contributed by atoms with Crippen molar-refractivity contribution in [3.05, 3.63) is 58.9 Å². The van der Waals surface area contributed by atoms with Gasteiger partial charge in [-0.05, 0) is 23.1 Å². The van der Waals surface area contributed by atoms with E-state index in [1.807, 2.05) is 12.1 Å². The first-order valence-electron chi connectivity index (χ1n) is 9.78. The van der Waals surface area contributed by atoms with Crippen molar-refractivity contribution in [3.8, 4) is 5.75 Å². The summed E-state index contributed by atoms with van der Waals surface area (Å²) in [6, 6.07) is 7.38. The van der Waals surface area contributed by atoms with Gasteiger partial charge in [0, 0.05) is 26.2 Å². The highest BCUT2D eigenvalue weighted by Crippen LogP contribution is 2.31. The van der Waals surface area contributed by atoms with Gasteiger partial charge in [-0.2, -0.15) is 0 Å². The van der Waals surface area contributed by atoms with Crippen LogP contribution < -0.4 is 9.64 Å². The van der Waals surface area contributed by atoms with Crippen molar-refractivity contribution in [1.82, 2.24) is 4.90 Å². The fraction of sp³-hybridized carbons (Fsp3) is 0.409. The van der Waals surface area contributed by atoms with Gasteiger partial charge in [-0.25, -0.2) is 22.0 Å². The van der Waals surface area contributed by atoms with Crippen LogP contribution in [0.5, 0.6) is 5.75 Å². The minimum absolute atomic E-state index is 0.0106. The van der Waals surface area contributed by atoms with Crippen LogP contribution in [0, 0.1) is 29.1 Å². The number of carbonyl (C=O) groups excluding carboxylic acids is 1. The number of rotatable bonds is 4. The molecule has 0 unspecified atom stereocenters. The second-order valence-corrected chi connectivity index (χ2v) is 8.35. The Bertz CT molecular complexity index is 936. The Hall–Kier alpha value is -2.84. The number of benzene rings is 2. The zero-order valence-electron chi connectivity index (χ0n) is 17.4. The van der Waals surface area contributed by atoms with E-state index in [2.05, 4.69) is 20.8 Å². The predicted molar refractivity (Wildman–Crippen MR) is 106 cm³/mol. The van der Waals surface area contributed by atoms with E-state index in [9.17, 15) is 26.7 Å². The van der Waals surface area contributed by atoms with Crippen LogP contribution in [-0.2, 0) is 10.2 Å². The van der Waals surface area contributed by atoms with Crippen molar-refractivity contribution in [2.24, 2.45) is 0 Å². The van der Waals surface area contributed by atoms with Crippen molar-refractivity contribution < 1.29 is 31.5 Å². The highest BCUT2D eigenvalue weighted by Gasteiger charge is 2.31. The van der Waals surface area contributed by atoms with Gasteiger partial charge < -0.3 is 14.5 Å². The molecule has 1 amide bonds. The van der Waals surface area contributed by atoms with Crippen molar-refractivity contribution in [2.45, 2.75) is 26.2 Å². The summed E-state index contributed by atoms with van der Waals surface area (Å²) in [7, 11) is 0. The summed E-state index contributed by atoms with van der Waals surface area (Å²) in [5.74, 6) is -9.73. The molecular weight excluding hydrogens is 419 g/mol. The minimum Gasteiger partial charge on any atom is -0.484 e. The average molecular weight is 442 g/mol. The number of hydrogen-bond acceptors (Lipinski definition) is 3. The topological polar surface area (TPSA) is 32.8 Å². The Kier molecular flexibility index (Phi) is 6.43. The summed E-state index contributed by atoms with van der Waals surface area (Å²) in [6.45, 7) is 5.98. The van der Waals surface area contributed by atoms with Crippen LogP contribution in [0.3, 0.4) is 0 Å². The summed E-state index contributed by atoms with van der Waals surface area (Å²) >= 11 is 0. The van der Waals surface area contributed by atoms with Crippen molar-refractivity contribution >= 4 is 11.6 Å². The monoisotopic (exact) mass is 442 g/mol. The molecule has 1 fully saturated rings. The van der Waals surface area contributed by atoms with Crippen LogP contribution in [0.2, 0.25) is 0 Å². The second-order valence-electron chi connectivity index (χ2n) is 8.35. The lowest BCUT2D eigenvalue weighted by molar-refractivity contribution is -0.133. The van der Waals surface area contributed by atoms with Gasteiger partial charge in [-0.15, -0.1) is 0 Å². The molecule has 3 rings (SSSR count). The quantitative estimate of drug-likeness (QED) is 0.400. The van der Waals surface area contributed by atoms with Crippen LogP contribution in [0.15, 0.2) is 24.3 Å². The number of ether oxygens (including phenoxy) is 1. The molecular formula is C22H23F5N2O2. The normalized spacial score (nSPS) is 14.7. The third kappa shape index (κ3) is 4.75. The summed E-state index contributed by atoms with van der Waals surface area (Å²) in [5.41, 5.74) is 0.137. The van der Waals surface area contributed by atoms with E-state index in [0.717, 1.165) is 10.5 Å². The fourth-order valence-corrected chi connectivity index (χ4v) is 3.34. The van der Waals surface area contributed by atoms with Gasteiger partial charge in [-0.3, -0.25) is 4.79 Å². The molecule has 1 saturated heterocycles. The van der Waals surface area contributed by atoms with Crippen LogP contribution in [0.4, 0.5) is 27.6 Å². The molecule has 0 saturated carbocycles. The zero-order valence-corrected chi connectivity index (χ0v) is 17.4.